The summed E-state index contributed by atoms with van der Waals surface area (Å²) in [5.74, 6) is -0.168. The maximum Gasteiger partial charge on any atom is 0.305 e. The van der Waals surface area contributed by atoms with E-state index in [1.165, 1.54) is 122 Å². The van der Waals surface area contributed by atoms with Gasteiger partial charge in [-0.25, -0.2) is 0 Å². The lowest BCUT2D eigenvalue weighted by Gasteiger charge is -2.19. The maximum absolute atomic E-state index is 12.3. The Morgan fingerprint density at radius 2 is 0.960 bits per heavy atom. The van der Waals surface area contributed by atoms with Gasteiger partial charge in [0.05, 0.1) is 25.4 Å². The van der Waals surface area contributed by atoms with Crippen LogP contribution < -0.4 is 5.32 Å². The molecule has 0 spiro atoms. The van der Waals surface area contributed by atoms with Gasteiger partial charge in [0.25, 0.3) is 0 Å². The molecule has 0 aromatic heterocycles. The number of rotatable bonds is 39. The Kier molecular flexibility index (Phi) is 38.8. The molecule has 6 heteroatoms. The molecule has 294 valence electrons. The second-order valence-electron chi connectivity index (χ2n) is 14.7. The maximum atomic E-state index is 12.3. The number of aliphatic hydroxyl groups excluding tert-OH is 2. The van der Waals surface area contributed by atoms with Gasteiger partial charge in [0.15, 0.2) is 0 Å². The smallest absolute Gasteiger partial charge is 0.305 e. The molecule has 0 aliphatic rings. The Labute approximate surface area is 310 Å². The van der Waals surface area contributed by atoms with Gasteiger partial charge in [0.1, 0.15) is 0 Å². The number of ether oxygens (including phenoxy) is 1. The zero-order valence-corrected chi connectivity index (χ0v) is 33.1. The summed E-state index contributed by atoms with van der Waals surface area (Å²) < 4.78 is 5.42. The Bertz CT molecular complexity index is 782. The van der Waals surface area contributed by atoms with Gasteiger partial charge in [-0.3, -0.25) is 9.59 Å². The molecule has 6 nitrogen and oxygen atoms in total. The molecule has 0 rings (SSSR count). The van der Waals surface area contributed by atoms with Crippen LogP contribution in [0.5, 0.6) is 0 Å². The van der Waals surface area contributed by atoms with Gasteiger partial charge in [0.2, 0.25) is 5.91 Å². The third-order valence-electron chi connectivity index (χ3n) is 9.72. The normalized spacial score (nSPS) is 13.0. The molecule has 0 aliphatic heterocycles. The van der Waals surface area contributed by atoms with Crippen LogP contribution in [-0.2, 0) is 14.3 Å². The van der Waals surface area contributed by atoms with Crippen molar-refractivity contribution in [3.05, 3.63) is 24.3 Å². The molecule has 2 unspecified atom stereocenters. The average Bonchev–Trinajstić information content (AvgIpc) is 3.11. The number of hydrogen-bond acceptors (Lipinski definition) is 5. The second kappa shape index (κ2) is 40.1. The highest BCUT2D eigenvalue weighted by molar-refractivity contribution is 5.76. The zero-order chi connectivity index (χ0) is 36.6. The van der Waals surface area contributed by atoms with Crippen molar-refractivity contribution in [3.63, 3.8) is 0 Å². The summed E-state index contributed by atoms with van der Waals surface area (Å²) in [5, 5.41) is 22.8. The first-order chi connectivity index (χ1) is 24.5. The van der Waals surface area contributed by atoms with Gasteiger partial charge in [-0.2, -0.15) is 0 Å². The highest BCUT2D eigenvalue weighted by Gasteiger charge is 2.17. The lowest BCUT2D eigenvalue weighted by Crippen LogP contribution is -2.45. The molecular formula is C44H83NO5. The van der Waals surface area contributed by atoms with Gasteiger partial charge in [-0.1, -0.05) is 179 Å². The van der Waals surface area contributed by atoms with Crippen molar-refractivity contribution in [2.24, 2.45) is 0 Å². The quantitative estimate of drug-likeness (QED) is 0.0336. The topological polar surface area (TPSA) is 95.9 Å². The third-order valence-corrected chi connectivity index (χ3v) is 9.72. The highest BCUT2D eigenvalue weighted by Crippen LogP contribution is 2.14. The average molecular weight is 706 g/mol. The molecule has 0 aromatic carbocycles. The zero-order valence-electron chi connectivity index (χ0n) is 33.1. The molecule has 0 aliphatic carbocycles. The fourth-order valence-electron chi connectivity index (χ4n) is 6.34. The molecule has 1 amide bonds. The Hall–Kier alpha value is -1.66. The van der Waals surface area contributed by atoms with Gasteiger partial charge < -0.3 is 20.3 Å². The van der Waals surface area contributed by atoms with E-state index in [1.807, 2.05) is 6.08 Å². The largest absolute Gasteiger partial charge is 0.466 e. The predicted octanol–water partition coefficient (Wildman–Crippen LogP) is 12.0. The molecule has 50 heavy (non-hydrogen) atoms. The van der Waals surface area contributed by atoms with Crippen molar-refractivity contribution < 1.29 is 24.5 Å². The summed E-state index contributed by atoms with van der Waals surface area (Å²) in [6.07, 6.45) is 44.5. The lowest BCUT2D eigenvalue weighted by atomic mass is 10.0. The first kappa shape index (κ1) is 48.3. The fourth-order valence-corrected chi connectivity index (χ4v) is 6.34. The minimum atomic E-state index is -0.872. The van der Waals surface area contributed by atoms with Crippen molar-refractivity contribution in [1.29, 1.82) is 0 Å². The molecule has 0 fully saturated rings. The van der Waals surface area contributed by atoms with Crippen LogP contribution in [0.3, 0.4) is 0 Å². The van der Waals surface area contributed by atoms with E-state index < -0.39 is 12.1 Å². The summed E-state index contributed by atoms with van der Waals surface area (Å²) in [4.78, 5) is 24.3. The second-order valence-corrected chi connectivity index (χ2v) is 14.7. The number of aliphatic hydroxyl groups is 2. The molecular weight excluding hydrogens is 622 g/mol. The highest BCUT2D eigenvalue weighted by atomic mass is 16.5. The van der Waals surface area contributed by atoms with E-state index >= 15 is 0 Å². The van der Waals surface area contributed by atoms with Crippen LogP contribution >= 0.6 is 0 Å². The van der Waals surface area contributed by atoms with Crippen LogP contribution in [0.4, 0.5) is 0 Å². The molecule has 0 saturated heterocycles. The van der Waals surface area contributed by atoms with Crippen LogP contribution in [-0.4, -0.2) is 47.4 Å². The van der Waals surface area contributed by atoms with Gasteiger partial charge in [-0.15, -0.1) is 0 Å². The van der Waals surface area contributed by atoms with E-state index in [4.69, 9.17) is 4.74 Å². The fraction of sp³-hybridized carbons (Fsp3) is 0.864. The Balaban J connectivity index is 3.59. The molecule has 0 heterocycles. The van der Waals surface area contributed by atoms with E-state index in [0.29, 0.717) is 19.4 Å². The van der Waals surface area contributed by atoms with Gasteiger partial charge >= 0.3 is 5.97 Å². The molecule has 0 radical (unpaired) electrons. The van der Waals surface area contributed by atoms with Crippen LogP contribution in [0, 0.1) is 0 Å². The number of nitrogens with one attached hydrogen (secondary N) is 1. The van der Waals surface area contributed by atoms with Gasteiger partial charge in [-0.05, 0) is 51.4 Å². The van der Waals surface area contributed by atoms with Crippen molar-refractivity contribution in [2.75, 3.05) is 13.2 Å². The predicted molar refractivity (Wildman–Crippen MR) is 213 cm³/mol. The van der Waals surface area contributed by atoms with E-state index in [-0.39, 0.29) is 18.5 Å². The number of hydrogen-bond donors (Lipinski definition) is 3. The first-order valence-corrected chi connectivity index (χ1v) is 21.6. The summed E-state index contributed by atoms with van der Waals surface area (Å²) in [6.45, 7) is 4.78. The number of carbonyl (C=O) groups excluding carboxylic acids is 2. The minimum Gasteiger partial charge on any atom is -0.466 e. The monoisotopic (exact) mass is 706 g/mol. The number of allylic oxidation sites excluding steroid dienone is 3. The number of amides is 1. The Morgan fingerprint density at radius 3 is 1.46 bits per heavy atom. The van der Waals surface area contributed by atoms with Gasteiger partial charge in [0, 0.05) is 12.8 Å². The van der Waals surface area contributed by atoms with E-state index in [0.717, 1.165) is 70.6 Å². The standard InChI is InChI=1S/C44H83NO5/c1-3-5-7-9-11-13-15-16-18-22-26-30-34-38-44(49)50-39-35-31-27-23-19-21-25-29-33-37-43(48)45-41(40-46)42(47)36-32-28-24-20-17-14-12-10-8-6-4-2/h21,25,32,36,41-42,46-47H,3-20,22-24,26-31,33-35,37-40H2,1-2H3,(H,45,48)/b25-21-,36-32+. The molecule has 0 bridgehead atoms. The molecule has 2 atom stereocenters. The summed E-state index contributed by atoms with van der Waals surface area (Å²) in [7, 11) is 0. The van der Waals surface area contributed by atoms with E-state index in [9.17, 15) is 19.8 Å². The molecule has 0 aromatic rings. The minimum absolute atomic E-state index is 0.0378. The van der Waals surface area contributed by atoms with Crippen molar-refractivity contribution in [2.45, 2.75) is 231 Å². The SMILES string of the molecule is CCCCCCCCCCC/C=C/C(O)C(CO)NC(=O)CCC/C=C\CCCCCCOC(=O)CCCCCCCCCCCCCCC. The molecule has 0 saturated carbocycles. The molecule has 3 N–H and O–H groups in total. The van der Waals surface area contributed by atoms with Crippen LogP contribution in [0.15, 0.2) is 24.3 Å². The van der Waals surface area contributed by atoms with Crippen molar-refractivity contribution in [3.8, 4) is 0 Å². The van der Waals surface area contributed by atoms with Crippen LogP contribution in [0.25, 0.3) is 0 Å². The summed E-state index contributed by atoms with van der Waals surface area (Å²) in [5.41, 5.74) is 0. The van der Waals surface area contributed by atoms with Crippen LogP contribution in [0.2, 0.25) is 0 Å². The lowest BCUT2D eigenvalue weighted by molar-refractivity contribution is -0.143. The van der Waals surface area contributed by atoms with Crippen molar-refractivity contribution >= 4 is 11.9 Å². The van der Waals surface area contributed by atoms with Crippen molar-refractivity contribution in [1.82, 2.24) is 5.32 Å². The number of esters is 1. The van der Waals surface area contributed by atoms with E-state index in [1.54, 1.807) is 6.08 Å². The number of unbranched alkanes of at least 4 members (excludes halogenated alkanes) is 26. The summed E-state index contributed by atoms with van der Waals surface area (Å²) >= 11 is 0. The van der Waals surface area contributed by atoms with Crippen LogP contribution in [0.1, 0.15) is 219 Å². The summed E-state index contributed by atoms with van der Waals surface area (Å²) in [6, 6.07) is -0.662. The Morgan fingerprint density at radius 1 is 0.540 bits per heavy atom. The first-order valence-electron chi connectivity index (χ1n) is 21.6. The van der Waals surface area contributed by atoms with E-state index in [2.05, 4.69) is 31.3 Å². The third kappa shape index (κ3) is 36.1. The number of carbonyl (C=O) groups is 2.